The molecule has 18 heteroatoms. The first-order valence-corrected chi connectivity index (χ1v) is 12.8. The Morgan fingerprint density at radius 3 is 1.46 bits per heavy atom. The highest BCUT2D eigenvalue weighted by molar-refractivity contribution is 7.98. The van der Waals surface area contributed by atoms with Gasteiger partial charge in [0, 0.05) is 39.7 Å². The molecule has 0 bridgehead atoms. The summed E-state index contributed by atoms with van der Waals surface area (Å²) in [6.07, 6.45) is -4.21. The van der Waals surface area contributed by atoms with Gasteiger partial charge in [0.25, 0.3) is 0 Å². The van der Waals surface area contributed by atoms with Crippen LogP contribution in [0.15, 0.2) is 41.0 Å². The zero-order chi connectivity index (χ0) is 28.8. The van der Waals surface area contributed by atoms with Crippen molar-refractivity contribution in [3.63, 3.8) is 0 Å². The van der Waals surface area contributed by atoms with Crippen molar-refractivity contribution in [2.75, 3.05) is 12.5 Å². The maximum absolute atomic E-state index is 13.0. The van der Waals surface area contributed by atoms with E-state index in [-0.39, 0.29) is 27.3 Å². The zero-order valence-electron chi connectivity index (χ0n) is 20.7. The van der Waals surface area contributed by atoms with Crippen LogP contribution < -0.4 is 0 Å². The molecular formula is C21H20B2F10N4S2. The molecule has 212 valence electrons. The van der Waals surface area contributed by atoms with Crippen molar-refractivity contribution in [2.45, 2.75) is 48.5 Å². The van der Waals surface area contributed by atoms with Crippen LogP contribution in [0.3, 0.4) is 0 Å². The van der Waals surface area contributed by atoms with Gasteiger partial charge in [-0.25, -0.2) is 0 Å². The molecule has 0 fully saturated rings. The summed E-state index contributed by atoms with van der Waals surface area (Å²) in [6, 6.07) is 3.74. The van der Waals surface area contributed by atoms with Gasteiger partial charge in [0.15, 0.2) is 0 Å². The molecule has 0 aliphatic rings. The first-order valence-electron chi connectivity index (χ1n) is 9.90. The van der Waals surface area contributed by atoms with Gasteiger partial charge in [0.1, 0.15) is 11.4 Å². The third kappa shape index (κ3) is 9.70. The summed E-state index contributed by atoms with van der Waals surface area (Å²) in [6.45, 7) is 3.49. The van der Waals surface area contributed by atoms with E-state index < -0.39 is 46.3 Å². The number of pyridine rings is 2. The van der Waals surface area contributed by atoms with Gasteiger partial charge >= 0.3 is 24.2 Å². The lowest BCUT2D eigenvalue weighted by molar-refractivity contribution is -0.291. The summed E-state index contributed by atoms with van der Waals surface area (Å²) in [5.41, 5.74) is -1.58. The Bertz CT molecular complexity index is 1100. The van der Waals surface area contributed by atoms with Gasteiger partial charge in [-0.05, 0) is 49.6 Å². The number of halogens is 10. The topological polar surface area (TPSA) is 61.9 Å². The fourth-order valence-electron chi connectivity index (χ4n) is 2.43. The van der Waals surface area contributed by atoms with Crippen molar-refractivity contribution in [3.05, 3.63) is 59.2 Å². The molecule has 2 rings (SSSR count). The van der Waals surface area contributed by atoms with E-state index in [1.807, 2.05) is 13.2 Å². The van der Waals surface area contributed by atoms with Crippen LogP contribution in [0.1, 0.15) is 46.9 Å². The van der Waals surface area contributed by atoms with E-state index in [2.05, 4.69) is 14.3 Å². The van der Waals surface area contributed by atoms with Gasteiger partial charge in [-0.15, -0.1) is 0 Å². The molecule has 0 aromatic carbocycles. The average molecular weight is 604 g/mol. The van der Waals surface area contributed by atoms with Crippen LogP contribution in [0.5, 0.6) is 0 Å². The Kier molecular flexibility index (Phi) is 14.9. The Labute approximate surface area is 229 Å². The van der Waals surface area contributed by atoms with Gasteiger partial charge in [-0.3, -0.25) is 9.97 Å². The zero-order valence-corrected chi connectivity index (χ0v) is 22.3. The van der Waals surface area contributed by atoms with Crippen molar-refractivity contribution in [3.8, 4) is 6.19 Å². The first kappa shape index (κ1) is 38.9. The van der Waals surface area contributed by atoms with Crippen LogP contribution >= 0.6 is 11.8 Å². The molecule has 0 saturated heterocycles. The number of thioether (sulfide) groups is 1. The monoisotopic (exact) mass is 604 g/mol. The highest BCUT2D eigenvalue weighted by Crippen LogP contribution is 2.44. The maximum Gasteiger partial charge on any atom is 0.459 e. The van der Waals surface area contributed by atoms with Crippen LogP contribution in [0.25, 0.3) is 0 Å². The second kappa shape index (κ2) is 14.9. The number of nitrogens with zero attached hydrogens (tertiary/aromatic N) is 4. The quantitative estimate of drug-likeness (QED) is 0.201. The summed E-state index contributed by atoms with van der Waals surface area (Å²) in [4.78, 5) is 6.39. The van der Waals surface area contributed by atoms with E-state index in [0.717, 1.165) is 24.5 Å². The SMILES string of the molecule is CC(c1ccc(C(F)(F)C(F)(F)F)nc1)S(C)=NC#N.CSC(C)c1ccc(C(F)(F)C(F)(F)F)nc1.[B].[B]. The molecule has 0 spiro atoms. The molecule has 0 saturated carbocycles. The van der Waals surface area contributed by atoms with Crippen LogP contribution in [-0.2, 0) is 22.5 Å². The number of aromatic nitrogens is 2. The van der Waals surface area contributed by atoms with E-state index >= 15 is 0 Å². The molecule has 0 amide bonds. The molecule has 0 aliphatic heterocycles. The normalized spacial score (nSPS) is 14.5. The molecule has 4 nitrogen and oxygen atoms in total. The summed E-state index contributed by atoms with van der Waals surface area (Å²) in [5.74, 6) is -9.90. The van der Waals surface area contributed by atoms with Gasteiger partial charge in [0.2, 0.25) is 6.19 Å². The molecule has 3 atom stereocenters. The Morgan fingerprint density at radius 2 is 1.18 bits per heavy atom. The summed E-state index contributed by atoms with van der Waals surface area (Å²) in [7, 11) is -0.696. The predicted molar refractivity (Wildman–Crippen MR) is 132 cm³/mol. The third-order valence-corrected chi connectivity index (χ3v) is 7.56. The van der Waals surface area contributed by atoms with Crippen molar-refractivity contribution >= 4 is 39.3 Å². The van der Waals surface area contributed by atoms with Crippen molar-refractivity contribution in [1.82, 2.24) is 9.97 Å². The van der Waals surface area contributed by atoms with Gasteiger partial charge < -0.3 is 0 Å². The standard InChI is InChI=1S/C11H10F5N3S.C10H10F5NS.2B/c1-7(20(2)19-6-17)8-3-4-9(18-5-8)10(12,13)11(14,15)16;1-6(17-2)7-3-4-8(16-5-7)9(11,12)10(13,14)15;;/h3-5,7H,1-2H3;3-6H,1-2H3;;. The average Bonchev–Trinajstić information content (AvgIpc) is 2.82. The van der Waals surface area contributed by atoms with Crippen LogP contribution in [0.2, 0.25) is 0 Å². The summed E-state index contributed by atoms with van der Waals surface area (Å²) >= 11 is 1.45. The number of alkyl halides is 10. The molecule has 39 heavy (non-hydrogen) atoms. The Balaban J connectivity index is 0. The molecule has 6 radical (unpaired) electrons. The minimum absolute atomic E-state index is 0. The highest BCUT2D eigenvalue weighted by atomic mass is 32.2. The van der Waals surface area contributed by atoms with Gasteiger partial charge in [-0.2, -0.15) is 65.3 Å². The predicted octanol–water partition coefficient (Wildman–Crippen LogP) is 7.11. The van der Waals surface area contributed by atoms with E-state index in [1.54, 1.807) is 19.4 Å². The van der Waals surface area contributed by atoms with Crippen LogP contribution in [0.4, 0.5) is 43.9 Å². The second-order valence-corrected chi connectivity index (χ2v) is 10.4. The smallest absolute Gasteiger partial charge is 0.254 e. The van der Waals surface area contributed by atoms with Crippen LogP contribution in [-0.4, -0.2) is 51.7 Å². The Hall–Kier alpha value is -2.28. The Morgan fingerprint density at radius 1 is 0.795 bits per heavy atom. The van der Waals surface area contributed by atoms with Gasteiger partial charge in [0.05, 0.1) is 0 Å². The van der Waals surface area contributed by atoms with Gasteiger partial charge in [-0.1, -0.05) is 22.8 Å². The molecule has 2 aromatic rings. The summed E-state index contributed by atoms with van der Waals surface area (Å²) < 4.78 is 128. The van der Waals surface area contributed by atoms with E-state index in [9.17, 15) is 43.9 Å². The third-order valence-electron chi connectivity index (χ3n) is 4.92. The first-order chi connectivity index (χ1) is 16.8. The molecule has 3 unspecified atom stereocenters. The highest BCUT2D eigenvalue weighted by Gasteiger charge is 2.60. The van der Waals surface area contributed by atoms with Crippen molar-refractivity contribution in [2.24, 2.45) is 4.36 Å². The number of hydrogen-bond donors (Lipinski definition) is 0. The lowest BCUT2D eigenvalue weighted by Crippen LogP contribution is -2.34. The fourth-order valence-corrected chi connectivity index (χ4v) is 3.66. The van der Waals surface area contributed by atoms with E-state index in [0.29, 0.717) is 17.2 Å². The van der Waals surface area contributed by atoms with E-state index in [1.165, 1.54) is 17.8 Å². The minimum Gasteiger partial charge on any atom is -0.254 e. The number of rotatable bonds is 6. The largest absolute Gasteiger partial charge is 0.459 e. The minimum atomic E-state index is -5.68. The molecule has 2 aromatic heterocycles. The maximum atomic E-state index is 13.0. The molecule has 2 heterocycles. The summed E-state index contributed by atoms with van der Waals surface area (Å²) in [5, 5.41) is 8.12. The number of hydrogen-bond acceptors (Lipinski definition) is 5. The van der Waals surface area contributed by atoms with Crippen LogP contribution in [0, 0.1) is 11.5 Å². The van der Waals surface area contributed by atoms with Crippen molar-refractivity contribution in [1.29, 1.82) is 5.26 Å². The molecule has 0 N–H and O–H groups in total. The fraction of sp³-hybridized carbons (Fsp3) is 0.476. The lowest BCUT2D eigenvalue weighted by atomic mass is 10.1. The van der Waals surface area contributed by atoms with E-state index in [4.69, 9.17) is 5.26 Å². The molecular weight excluding hydrogens is 584 g/mol. The molecule has 0 aliphatic carbocycles. The second-order valence-electron chi connectivity index (χ2n) is 7.33. The lowest BCUT2D eigenvalue weighted by Gasteiger charge is -2.19. The van der Waals surface area contributed by atoms with Crippen molar-refractivity contribution < 1.29 is 43.9 Å². The number of nitriles is 1.